The topological polar surface area (TPSA) is 73.6 Å². The standard InChI is InChI=1S/C21H14ClN3O3/c1-13(26)25-12-16(19(24-25)14-6-3-2-4-7-14)11-18-21(27)28-20(23-18)15-8-5-9-17(22)10-15/h2-12H,1H3. The molecular weight excluding hydrogens is 378 g/mol. The summed E-state index contributed by atoms with van der Waals surface area (Å²) in [5, 5.41) is 4.86. The SMILES string of the molecule is CC(=O)n1cc(C=C2N=C(c3cccc(Cl)c3)OC2=O)c(-c2ccccc2)n1. The van der Waals surface area contributed by atoms with Gasteiger partial charge in [0.1, 0.15) is 5.69 Å². The van der Waals surface area contributed by atoms with Gasteiger partial charge in [-0.15, -0.1) is 0 Å². The van der Waals surface area contributed by atoms with E-state index in [1.54, 1.807) is 36.5 Å². The number of aliphatic imine (C=N–C) groups is 1. The third-order valence-electron chi connectivity index (χ3n) is 4.10. The summed E-state index contributed by atoms with van der Waals surface area (Å²) >= 11 is 5.99. The molecule has 0 saturated heterocycles. The zero-order valence-corrected chi connectivity index (χ0v) is 15.6. The molecule has 138 valence electrons. The van der Waals surface area contributed by atoms with Gasteiger partial charge in [-0.05, 0) is 24.3 Å². The lowest BCUT2D eigenvalue weighted by Crippen LogP contribution is -2.05. The van der Waals surface area contributed by atoms with Gasteiger partial charge in [-0.25, -0.2) is 14.5 Å². The number of aromatic nitrogens is 2. The summed E-state index contributed by atoms with van der Waals surface area (Å²) in [5.74, 6) is -0.637. The van der Waals surface area contributed by atoms with Crippen LogP contribution >= 0.6 is 11.6 Å². The van der Waals surface area contributed by atoms with E-state index in [0.717, 1.165) is 5.56 Å². The predicted octanol–water partition coefficient (Wildman–Crippen LogP) is 4.21. The summed E-state index contributed by atoms with van der Waals surface area (Å²) in [5.41, 5.74) is 2.70. The van der Waals surface area contributed by atoms with Crippen LogP contribution in [-0.2, 0) is 9.53 Å². The highest BCUT2D eigenvalue weighted by atomic mass is 35.5. The van der Waals surface area contributed by atoms with Crippen LogP contribution in [0.15, 0.2) is 71.5 Å². The van der Waals surface area contributed by atoms with Gasteiger partial charge in [0, 0.05) is 34.8 Å². The van der Waals surface area contributed by atoms with Gasteiger partial charge in [0.05, 0.1) is 0 Å². The summed E-state index contributed by atoms with van der Waals surface area (Å²) in [6, 6.07) is 16.3. The van der Waals surface area contributed by atoms with E-state index in [0.29, 0.717) is 21.8 Å². The number of esters is 1. The molecule has 2 aromatic carbocycles. The Balaban J connectivity index is 1.78. The van der Waals surface area contributed by atoms with Gasteiger partial charge in [-0.1, -0.05) is 48.0 Å². The van der Waals surface area contributed by atoms with Crippen LogP contribution in [0.25, 0.3) is 17.3 Å². The summed E-state index contributed by atoms with van der Waals surface area (Å²) < 4.78 is 6.51. The van der Waals surface area contributed by atoms with E-state index >= 15 is 0 Å². The molecule has 0 radical (unpaired) electrons. The van der Waals surface area contributed by atoms with Crippen molar-refractivity contribution in [3.05, 3.63) is 82.6 Å². The number of carbonyl (C=O) groups excluding carboxylic acids is 2. The molecular formula is C21H14ClN3O3. The highest BCUT2D eigenvalue weighted by Crippen LogP contribution is 2.26. The minimum Gasteiger partial charge on any atom is -0.402 e. The van der Waals surface area contributed by atoms with Crippen LogP contribution < -0.4 is 0 Å². The number of halogens is 1. The van der Waals surface area contributed by atoms with Gasteiger partial charge >= 0.3 is 5.97 Å². The lowest BCUT2D eigenvalue weighted by atomic mass is 10.1. The molecule has 0 atom stereocenters. The van der Waals surface area contributed by atoms with E-state index in [4.69, 9.17) is 16.3 Å². The van der Waals surface area contributed by atoms with Crippen molar-refractivity contribution in [3.63, 3.8) is 0 Å². The number of hydrogen-bond donors (Lipinski definition) is 0. The fourth-order valence-corrected chi connectivity index (χ4v) is 2.97. The number of nitrogens with zero attached hydrogens (tertiary/aromatic N) is 3. The molecule has 1 aliphatic heterocycles. The van der Waals surface area contributed by atoms with Crippen molar-refractivity contribution in [1.29, 1.82) is 0 Å². The fourth-order valence-electron chi connectivity index (χ4n) is 2.78. The van der Waals surface area contributed by atoms with Gasteiger partial charge < -0.3 is 4.74 Å². The maximum atomic E-state index is 12.3. The molecule has 2 heterocycles. The monoisotopic (exact) mass is 391 g/mol. The number of cyclic esters (lactones) is 1. The maximum Gasteiger partial charge on any atom is 0.363 e. The molecule has 0 fully saturated rings. The molecule has 0 saturated carbocycles. The molecule has 1 aromatic heterocycles. The first-order chi connectivity index (χ1) is 13.5. The molecule has 0 amide bonds. The molecule has 7 heteroatoms. The Morgan fingerprint density at radius 2 is 1.86 bits per heavy atom. The molecule has 1 aliphatic rings. The van der Waals surface area contributed by atoms with Crippen molar-refractivity contribution in [3.8, 4) is 11.3 Å². The largest absolute Gasteiger partial charge is 0.402 e. The normalized spacial score (nSPS) is 14.9. The van der Waals surface area contributed by atoms with Crippen LogP contribution in [-0.4, -0.2) is 27.6 Å². The molecule has 6 nitrogen and oxygen atoms in total. The van der Waals surface area contributed by atoms with Gasteiger partial charge in [0.15, 0.2) is 5.70 Å². The smallest absolute Gasteiger partial charge is 0.363 e. The van der Waals surface area contributed by atoms with Crippen LogP contribution in [0.5, 0.6) is 0 Å². The lowest BCUT2D eigenvalue weighted by Gasteiger charge is -1.99. The van der Waals surface area contributed by atoms with Crippen molar-refractivity contribution >= 4 is 35.5 Å². The van der Waals surface area contributed by atoms with Crippen LogP contribution in [0, 0.1) is 0 Å². The number of carbonyl (C=O) groups is 2. The molecule has 0 unspecified atom stereocenters. The van der Waals surface area contributed by atoms with Crippen LogP contribution in [0.2, 0.25) is 5.02 Å². The highest BCUT2D eigenvalue weighted by molar-refractivity contribution is 6.31. The van der Waals surface area contributed by atoms with E-state index in [-0.39, 0.29) is 17.5 Å². The second kappa shape index (κ2) is 7.25. The minimum absolute atomic E-state index is 0.121. The second-order valence-electron chi connectivity index (χ2n) is 6.11. The summed E-state index contributed by atoms with van der Waals surface area (Å²) in [6.45, 7) is 1.41. The zero-order chi connectivity index (χ0) is 19.7. The average molecular weight is 392 g/mol. The van der Waals surface area contributed by atoms with Crippen molar-refractivity contribution in [2.24, 2.45) is 4.99 Å². The van der Waals surface area contributed by atoms with E-state index < -0.39 is 5.97 Å². The maximum absolute atomic E-state index is 12.3. The van der Waals surface area contributed by atoms with Gasteiger partial charge in [-0.3, -0.25) is 4.79 Å². The summed E-state index contributed by atoms with van der Waals surface area (Å²) in [4.78, 5) is 28.4. The van der Waals surface area contributed by atoms with Gasteiger partial charge in [-0.2, -0.15) is 5.10 Å². The van der Waals surface area contributed by atoms with Crippen molar-refractivity contribution in [1.82, 2.24) is 9.78 Å². The third-order valence-corrected chi connectivity index (χ3v) is 4.33. The fraction of sp³-hybridized carbons (Fsp3) is 0.0476. The van der Waals surface area contributed by atoms with Gasteiger partial charge in [0.2, 0.25) is 11.8 Å². The van der Waals surface area contributed by atoms with Crippen molar-refractivity contribution < 1.29 is 14.3 Å². The van der Waals surface area contributed by atoms with Gasteiger partial charge in [0.25, 0.3) is 0 Å². The Morgan fingerprint density at radius 1 is 1.11 bits per heavy atom. The third kappa shape index (κ3) is 3.50. The minimum atomic E-state index is -0.579. The second-order valence-corrected chi connectivity index (χ2v) is 6.55. The van der Waals surface area contributed by atoms with Crippen LogP contribution in [0.3, 0.4) is 0 Å². The summed E-state index contributed by atoms with van der Waals surface area (Å²) in [6.07, 6.45) is 3.13. The Kier molecular flexibility index (Phi) is 4.63. The summed E-state index contributed by atoms with van der Waals surface area (Å²) in [7, 11) is 0. The van der Waals surface area contributed by atoms with Crippen molar-refractivity contribution in [2.45, 2.75) is 6.92 Å². The Hall–Kier alpha value is -3.51. The average Bonchev–Trinajstić information content (AvgIpc) is 3.27. The molecule has 0 aliphatic carbocycles. The first-order valence-electron chi connectivity index (χ1n) is 8.46. The van der Waals surface area contributed by atoms with E-state index in [1.807, 2.05) is 30.3 Å². The first kappa shape index (κ1) is 17.9. The molecule has 0 bridgehead atoms. The number of benzene rings is 2. The predicted molar refractivity (Wildman–Crippen MR) is 106 cm³/mol. The van der Waals surface area contributed by atoms with Crippen LogP contribution in [0.1, 0.15) is 22.8 Å². The lowest BCUT2D eigenvalue weighted by molar-refractivity contribution is -0.129. The molecule has 28 heavy (non-hydrogen) atoms. The van der Waals surface area contributed by atoms with E-state index in [1.165, 1.54) is 11.6 Å². The number of rotatable bonds is 3. The quantitative estimate of drug-likeness (QED) is 0.495. The number of hydrogen-bond acceptors (Lipinski definition) is 5. The number of ether oxygens (including phenoxy) is 1. The van der Waals surface area contributed by atoms with Crippen LogP contribution in [0.4, 0.5) is 0 Å². The zero-order valence-electron chi connectivity index (χ0n) is 14.8. The Morgan fingerprint density at radius 3 is 2.57 bits per heavy atom. The van der Waals surface area contributed by atoms with E-state index in [2.05, 4.69) is 10.1 Å². The first-order valence-corrected chi connectivity index (χ1v) is 8.83. The molecule has 3 aromatic rings. The Bertz CT molecular complexity index is 1150. The molecule has 0 spiro atoms. The highest BCUT2D eigenvalue weighted by Gasteiger charge is 2.25. The van der Waals surface area contributed by atoms with E-state index in [9.17, 15) is 9.59 Å². The van der Waals surface area contributed by atoms with Crippen molar-refractivity contribution in [2.75, 3.05) is 0 Å². The molecule has 0 N–H and O–H groups in total. The molecule has 4 rings (SSSR count). The Labute approximate surface area is 165 Å².